The molecule has 0 bridgehead atoms. The number of carbonyl (C=O) groups excluding carboxylic acids is 1. The average molecular weight is 308 g/mol. The molecule has 1 amide bonds. The molecule has 116 valence electrons. The summed E-state index contributed by atoms with van der Waals surface area (Å²) in [6, 6.07) is 10.0. The number of carbonyl (C=O) groups is 1. The Morgan fingerprint density at radius 2 is 2.00 bits per heavy atom. The summed E-state index contributed by atoms with van der Waals surface area (Å²) < 4.78 is 3.59. The Balaban J connectivity index is 1.51. The molecule has 3 aromatic rings. The van der Waals surface area contributed by atoms with Crippen LogP contribution in [0, 0.1) is 6.92 Å². The number of rotatable bonds is 3. The summed E-state index contributed by atoms with van der Waals surface area (Å²) in [7, 11) is 0. The van der Waals surface area contributed by atoms with Gasteiger partial charge in [-0.15, -0.1) is 5.10 Å². The second-order valence-electron chi connectivity index (χ2n) is 5.64. The Morgan fingerprint density at radius 1 is 1.22 bits per heavy atom. The quantitative estimate of drug-likeness (QED) is 0.735. The zero-order valence-electron chi connectivity index (χ0n) is 12.7. The molecule has 0 spiro atoms. The molecule has 1 aliphatic heterocycles. The zero-order valence-corrected chi connectivity index (χ0v) is 12.7. The number of nitrogens with zero attached hydrogens (tertiary/aromatic N) is 6. The molecule has 7 nitrogen and oxygen atoms in total. The Morgan fingerprint density at radius 3 is 2.70 bits per heavy atom. The second kappa shape index (κ2) is 5.35. The Kier molecular flexibility index (Phi) is 3.18. The molecule has 1 aromatic carbocycles. The third kappa shape index (κ3) is 2.30. The van der Waals surface area contributed by atoms with Gasteiger partial charge in [0.15, 0.2) is 0 Å². The molecular weight excluding hydrogens is 292 g/mol. The maximum Gasteiger partial charge on any atom is 0.257 e. The third-order valence-electron chi connectivity index (χ3n) is 4.21. The van der Waals surface area contributed by atoms with Crippen molar-refractivity contribution >= 4 is 5.91 Å². The van der Waals surface area contributed by atoms with Gasteiger partial charge in [0.1, 0.15) is 0 Å². The predicted molar refractivity (Wildman–Crippen MR) is 83.3 cm³/mol. The van der Waals surface area contributed by atoms with Crippen LogP contribution in [0.1, 0.15) is 22.1 Å². The molecule has 1 saturated heterocycles. The summed E-state index contributed by atoms with van der Waals surface area (Å²) in [5, 5.41) is 12.1. The van der Waals surface area contributed by atoms with Crippen molar-refractivity contribution < 1.29 is 4.79 Å². The maximum atomic E-state index is 12.6. The minimum atomic E-state index is 0.0149. The first-order valence-corrected chi connectivity index (χ1v) is 7.49. The van der Waals surface area contributed by atoms with Crippen LogP contribution in [0.3, 0.4) is 0 Å². The van der Waals surface area contributed by atoms with Gasteiger partial charge in [-0.3, -0.25) is 4.79 Å². The lowest BCUT2D eigenvalue weighted by molar-refractivity contribution is 0.0497. The largest absolute Gasteiger partial charge is 0.334 e. The summed E-state index contributed by atoms with van der Waals surface area (Å²) in [5.74, 6) is 0.0149. The number of benzene rings is 1. The first kappa shape index (κ1) is 13.7. The molecule has 1 aliphatic rings. The number of hydrogen-bond acceptors (Lipinski definition) is 4. The molecule has 0 saturated carbocycles. The van der Waals surface area contributed by atoms with Gasteiger partial charge in [0.25, 0.3) is 5.91 Å². The van der Waals surface area contributed by atoms with Crippen LogP contribution in [0.25, 0.3) is 5.69 Å². The van der Waals surface area contributed by atoms with Gasteiger partial charge >= 0.3 is 0 Å². The van der Waals surface area contributed by atoms with E-state index in [4.69, 9.17) is 0 Å². The van der Waals surface area contributed by atoms with Crippen LogP contribution in [-0.2, 0) is 0 Å². The van der Waals surface area contributed by atoms with Gasteiger partial charge in [-0.05, 0) is 19.1 Å². The summed E-state index contributed by atoms with van der Waals surface area (Å²) in [6.07, 6.45) is 5.12. The molecule has 0 aliphatic carbocycles. The van der Waals surface area contributed by atoms with Gasteiger partial charge in [-0.25, -0.2) is 9.36 Å². The number of hydrogen-bond donors (Lipinski definition) is 0. The third-order valence-corrected chi connectivity index (χ3v) is 4.21. The van der Waals surface area contributed by atoms with Crippen molar-refractivity contribution in [2.45, 2.75) is 13.0 Å². The smallest absolute Gasteiger partial charge is 0.257 e. The Hall–Kier alpha value is -2.96. The number of para-hydroxylation sites is 1. The van der Waals surface area contributed by atoms with E-state index in [0.29, 0.717) is 18.7 Å². The van der Waals surface area contributed by atoms with Gasteiger partial charge in [0.2, 0.25) is 0 Å². The van der Waals surface area contributed by atoms with Crippen LogP contribution in [0.2, 0.25) is 0 Å². The first-order valence-electron chi connectivity index (χ1n) is 7.49. The van der Waals surface area contributed by atoms with E-state index in [0.717, 1.165) is 11.4 Å². The molecule has 4 rings (SSSR count). The van der Waals surface area contributed by atoms with E-state index >= 15 is 0 Å². The van der Waals surface area contributed by atoms with Gasteiger partial charge < -0.3 is 4.90 Å². The summed E-state index contributed by atoms with van der Waals surface area (Å²) >= 11 is 0. The molecule has 7 heteroatoms. The van der Waals surface area contributed by atoms with Crippen LogP contribution in [0.15, 0.2) is 48.9 Å². The van der Waals surface area contributed by atoms with Crippen LogP contribution in [0.5, 0.6) is 0 Å². The van der Waals surface area contributed by atoms with Crippen LogP contribution < -0.4 is 0 Å². The molecule has 0 radical (unpaired) electrons. The van der Waals surface area contributed by atoms with E-state index in [1.807, 2.05) is 48.4 Å². The highest BCUT2D eigenvalue weighted by Crippen LogP contribution is 2.24. The SMILES string of the molecule is Cc1c(C(=O)N2CC(n3ccnn3)C2)cnn1-c1ccccc1. The summed E-state index contributed by atoms with van der Waals surface area (Å²) in [6.45, 7) is 3.22. The summed E-state index contributed by atoms with van der Waals surface area (Å²) in [4.78, 5) is 14.4. The molecule has 1 fully saturated rings. The lowest BCUT2D eigenvalue weighted by atomic mass is 10.1. The number of likely N-dealkylation sites (tertiary alicyclic amines) is 1. The van der Waals surface area contributed by atoms with Crippen molar-refractivity contribution in [2.75, 3.05) is 13.1 Å². The molecule has 0 N–H and O–H groups in total. The normalized spacial score (nSPS) is 14.7. The lowest BCUT2D eigenvalue weighted by Gasteiger charge is -2.38. The number of aromatic nitrogens is 5. The van der Waals surface area contributed by atoms with Crippen LogP contribution in [0.4, 0.5) is 0 Å². The maximum absolute atomic E-state index is 12.6. The Bertz CT molecular complexity index is 818. The molecular formula is C16H16N6O. The van der Waals surface area contributed by atoms with E-state index in [1.54, 1.807) is 21.8 Å². The van der Waals surface area contributed by atoms with Crippen molar-refractivity contribution in [1.29, 1.82) is 0 Å². The van der Waals surface area contributed by atoms with E-state index in [-0.39, 0.29) is 11.9 Å². The van der Waals surface area contributed by atoms with Crippen LogP contribution >= 0.6 is 0 Å². The van der Waals surface area contributed by atoms with E-state index in [1.165, 1.54) is 0 Å². The van der Waals surface area contributed by atoms with E-state index in [9.17, 15) is 4.79 Å². The van der Waals surface area contributed by atoms with Crippen molar-refractivity contribution in [1.82, 2.24) is 29.7 Å². The fourth-order valence-electron chi connectivity index (χ4n) is 2.82. The van der Waals surface area contributed by atoms with Gasteiger partial charge in [-0.2, -0.15) is 5.10 Å². The highest BCUT2D eigenvalue weighted by atomic mass is 16.2. The highest BCUT2D eigenvalue weighted by molar-refractivity contribution is 5.95. The first-order chi connectivity index (χ1) is 11.2. The molecule has 0 unspecified atom stereocenters. The Labute approximate surface area is 133 Å². The fourth-order valence-corrected chi connectivity index (χ4v) is 2.82. The second-order valence-corrected chi connectivity index (χ2v) is 5.64. The van der Waals surface area contributed by atoms with Gasteiger partial charge in [-0.1, -0.05) is 23.4 Å². The molecule has 2 aromatic heterocycles. The molecule has 23 heavy (non-hydrogen) atoms. The topological polar surface area (TPSA) is 68.8 Å². The van der Waals surface area contributed by atoms with Crippen molar-refractivity contribution in [2.24, 2.45) is 0 Å². The minimum absolute atomic E-state index is 0.0149. The van der Waals surface area contributed by atoms with Gasteiger partial charge in [0.05, 0.1) is 35.4 Å². The van der Waals surface area contributed by atoms with Gasteiger partial charge in [0, 0.05) is 19.3 Å². The van der Waals surface area contributed by atoms with Crippen LogP contribution in [-0.4, -0.2) is 48.7 Å². The van der Waals surface area contributed by atoms with E-state index in [2.05, 4.69) is 15.4 Å². The zero-order chi connectivity index (χ0) is 15.8. The molecule has 0 atom stereocenters. The predicted octanol–water partition coefficient (Wildman–Crippen LogP) is 1.47. The van der Waals surface area contributed by atoms with Crippen molar-refractivity contribution in [3.05, 3.63) is 60.2 Å². The molecule has 3 heterocycles. The highest BCUT2D eigenvalue weighted by Gasteiger charge is 2.34. The number of amides is 1. The minimum Gasteiger partial charge on any atom is -0.334 e. The average Bonchev–Trinajstić information content (AvgIpc) is 3.16. The fraction of sp³-hybridized carbons (Fsp3) is 0.250. The van der Waals surface area contributed by atoms with Crippen molar-refractivity contribution in [3.63, 3.8) is 0 Å². The summed E-state index contributed by atoms with van der Waals surface area (Å²) in [5.41, 5.74) is 2.45. The standard InChI is InChI=1S/C16H16N6O/c1-12-15(9-18-22(12)13-5-3-2-4-6-13)16(23)20-10-14(11-20)21-8-7-17-19-21/h2-9,14H,10-11H2,1H3. The van der Waals surface area contributed by atoms with Crippen molar-refractivity contribution in [3.8, 4) is 5.69 Å². The monoisotopic (exact) mass is 308 g/mol. The van der Waals surface area contributed by atoms with E-state index < -0.39 is 0 Å². The lowest BCUT2D eigenvalue weighted by Crippen LogP contribution is -2.51.